The first-order chi connectivity index (χ1) is 18.7. The van der Waals surface area contributed by atoms with Crippen LogP contribution in [-0.4, -0.2) is 27.2 Å². The highest BCUT2D eigenvalue weighted by molar-refractivity contribution is 6.31. The number of H-pyrrole nitrogens is 1. The first kappa shape index (κ1) is 27.6. The van der Waals surface area contributed by atoms with Gasteiger partial charge in [0, 0.05) is 50.0 Å². The quantitative estimate of drug-likeness (QED) is 0.187. The molecular weight excluding hydrogens is 513 g/mol. The summed E-state index contributed by atoms with van der Waals surface area (Å²) in [6, 6.07) is 17.8. The molecule has 39 heavy (non-hydrogen) atoms. The largest absolute Gasteiger partial charge is 0.483 e. The second kappa shape index (κ2) is 12.0. The van der Waals surface area contributed by atoms with Gasteiger partial charge in [-0.05, 0) is 68.0 Å². The summed E-state index contributed by atoms with van der Waals surface area (Å²) in [5.41, 5.74) is 5.08. The molecule has 5 rings (SSSR count). The molecule has 2 aromatic heterocycles. The van der Waals surface area contributed by atoms with E-state index < -0.39 is 5.67 Å². The zero-order valence-corrected chi connectivity index (χ0v) is 22.5. The number of allylic oxidation sites excluding steroid dienone is 1. The summed E-state index contributed by atoms with van der Waals surface area (Å²) in [6.45, 7) is 7.50. The maximum absolute atomic E-state index is 14.5. The molecule has 0 saturated carbocycles. The minimum atomic E-state index is -1.33. The van der Waals surface area contributed by atoms with Crippen LogP contribution in [0.25, 0.3) is 41.3 Å². The number of hydrogen-bond donors (Lipinski definition) is 3. The summed E-state index contributed by atoms with van der Waals surface area (Å²) in [5, 5.41) is 13.8. The molecule has 0 amide bonds. The Hall–Kier alpha value is -4.42. The number of halogens is 2. The number of alkyl halides is 1. The number of benzene rings is 2. The molecule has 0 spiro atoms. The lowest BCUT2D eigenvalue weighted by atomic mass is 9.97. The summed E-state index contributed by atoms with van der Waals surface area (Å²) < 4.78 is 14.5. The number of nitrogens with zero attached hydrogens (tertiary/aromatic N) is 1. The summed E-state index contributed by atoms with van der Waals surface area (Å²) in [5.74, 6) is 0. The Kier molecular flexibility index (Phi) is 8.47. The zero-order valence-electron chi connectivity index (χ0n) is 21.7. The minimum absolute atomic E-state index is 0.250. The average Bonchev–Trinajstić information content (AvgIpc) is 3.19. The number of aromatic nitrogens is 2. The third-order valence-corrected chi connectivity index (χ3v) is 6.46. The average molecular weight is 542 g/mol. The molecule has 2 aromatic carbocycles. The van der Waals surface area contributed by atoms with E-state index in [2.05, 4.69) is 21.9 Å². The van der Waals surface area contributed by atoms with Crippen LogP contribution < -0.4 is 15.9 Å². The fourth-order valence-electron chi connectivity index (χ4n) is 4.39. The lowest BCUT2D eigenvalue weighted by molar-refractivity contribution is -0.122. The van der Waals surface area contributed by atoms with E-state index in [0.29, 0.717) is 11.4 Å². The normalized spacial score (nSPS) is 16.2. The van der Waals surface area contributed by atoms with Gasteiger partial charge in [-0.1, -0.05) is 60.7 Å². The minimum Gasteiger partial charge on any atom is -0.483 e. The van der Waals surface area contributed by atoms with Gasteiger partial charge in [0.15, 0.2) is 0 Å². The highest BCUT2D eigenvalue weighted by atomic mass is 35.5. The van der Waals surface area contributed by atoms with Gasteiger partial charge in [-0.2, -0.15) is 0 Å². The molecule has 0 aliphatic heterocycles. The fourth-order valence-corrected chi connectivity index (χ4v) is 4.55. The Morgan fingerprint density at radius 2 is 1.95 bits per heavy atom. The molecule has 0 bridgehead atoms. The predicted molar refractivity (Wildman–Crippen MR) is 160 cm³/mol. The van der Waals surface area contributed by atoms with E-state index in [1.165, 1.54) is 0 Å². The van der Waals surface area contributed by atoms with E-state index >= 15 is 0 Å². The molecule has 5 nitrogen and oxygen atoms in total. The van der Waals surface area contributed by atoms with Gasteiger partial charge in [0.1, 0.15) is 5.67 Å². The summed E-state index contributed by atoms with van der Waals surface area (Å²) >= 11 is 6.11. The van der Waals surface area contributed by atoms with Crippen LogP contribution in [0.3, 0.4) is 0 Å². The van der Waals surface area contributed by atoms with E-state index in [0.717, 1.165) is 55.4 Å². The van der Waals surface area contributed by atoms with E-state index in [1.807, 2.05) is 91.9 Å². The molecule has 2 heterocycles. The Balaban J connectivity index is 0.00000112. The van der Waals surface area contributed by atoms with E-state index in [-0.39, 0.29) is 6.47 Å². The van der Waals surface area contributed by atoms with Crippen molar-refractivity contribution in [1.29, 1.82) is 0 Å². The lowest BCUT2D eigenvalue weighted by Crippen LogP contribution is -2.33. The number of anilines is 1. The van der Waals surface area contributed by atoms with Crippen LogP contribution in [0.15, 0.2) is 72.9 Å². The van der Waals surface area contributed by atoms with E-state index in [4.69, 9.17) is 21.5 Å². The van der Waals surface area contributed by atoms with Crippen LogP contribution in [0.4, 0.5) is 10.1 Å². The van der Waals surface area contributed by atoms with E-state index in [9.17, 15) is 4.39 Å². The van der Waals surface area contributed by atoms with Crippen molar-refractivity contribution in [3.05, 3.63) is 111 Å². The molecule has 7 heteroatoms. The Bertz CT molecular complexity index is 1720. The smallest absolute Gasteiger partial charge is 0.290 e. The van der Waals surface area contributed by atoms with Crippen molar-refractivity contribution in [1.82, 2.24) is 9.97 Å². The Morgan fingerprint density at radius 1 is 1.18 bits per heavy atom. The Morgan fingerprint density at radius 3 is 2.74 bits per heavy atom. The van der Waals surface area contributed by atoms with Crippen LogP contribution >= 0.6 is 11.6 Å². The summed E-state index contributed by atoms with van der Waals surface area (Å²) in [7, 11) is 0. The lowest BCUT2D eigenvalue weighted by Gasteiger charge is -2.15. The van der Waals surface area contributed by atoms with E-state index in [1.54, 1.807) is 13.0 Å². The number of fused-ring (bicyclic) bond motifs is 2. The number of rotatable bonds is 6. The van der Waals surface area contributed by atoms with Crippen LogP contribution in [0.2, 0.25) is 5.02 Å². The maximum Gasteiger partial charge on any atom is 0.290 e. The van der Waals surface area contributed by atoms with Gasteiger partial charge in [-0.3, -0.25) is 4.79 Å². The van der Waals surface area contributed by atoms with Crippen molar-refractivity contribution in [2.45, 2.75) is 25.9 Å². The van der Waals surface area contributed by atoms with Crippen molar-refractivity contribution >= 4 is 65.0 Å². The third-order valence-electron chi connectivity index (χ3n) is 6.22. The van der Waals surface area contributed by atoms with Gasteiger partial charge >= 0.3 is 0 Å². The van der Waals surface area contributed by atoms with Crippen molar-refractivity contribution in [2.24, 2.45) is 0 Å². The second-order valence-corrected chi connectivity index (χ2v) is 9.88. The van der Waals surface area contributed by atoms with Gasteiger partial charge in [-0.25, -0.2) is 9.37 Å². The first-order valence-electron chi connectivity index (χ1n) is 12.3. The monoisotopic (exact) mass is 541 g/mol. The number of pyridine rings is 1. The van der Waals surface area contributed by atoms with Gasteiger partial charge in [0.2, 0.25) is 0 Å². The highest BCUT2D eigenvalue weighted by Gasteiger charge is 2.22. The molecule has 1 unspecified atom stereocenters. The highest BCUT2D eigenvalue weighted by Crippen LogP contribution is 2.21. The standard InChI is InChI=1S/C31H27ClFN3.CH2O2/c1-20(7-14-27-21(2)35-29-15-16-31(3,33)19-28(27)29)34-26-6-4-5-22(17-26)8-12-25-13-10-23-9-11-24(32)18-30(23)36-25;2-1-3/h4-15,17-19,34-35H,1,16H2,2-3H3;1H,(H,2,3)/b12-8+,14-7+;. The van der Waals surface area contributed by atoms with Gasteiger partial charge in [-0.15, -0.1) is 0 Å². The predicted octanol–water partition coefficient (Wildman–Crippen LogP) is 6.73. The molecular formula is C32H29ClFN3O2. The molecule has 0 saturated heterocycles. The van der Waals surface area contributed by atoms with Crippen LogP contribution in [0, 0.1) is 6.92 Å². The Labute approximate surface area is 231 Å². The SMILES string of the molecule is C=C(/C=C/c1c(C)[nH]c2c1=CC(C)(F)CC=2)Nc1cccc(/C=C/c2ccc3ccc(Cl)cc3n2)c1.O=CO. The van der Waals surface area contributed by atoms with Gasteiger partial charge < -0.3 is 15.4 Å². The topological polar surface area (TPSA) is 78.0 Å². The maximum atomic E-state index is 14.5. The zero-order chi connectivity index (χ0) is 28.0. The van der Waals surface area contributed by atoms with Crippen LogP contribution in [0.5, 0.6) is 0 Å². The molecule has 1 aliphatic rings. The van der Waals surface area contributed by atoms with Crippen molar-refractivity contribution in [3.8, 4) is 0 Å². The number of carbonyl (C=O) groups is 1. The number of aromatic amines is 1. The van der Waals surface area contributed by atoms with Crippen molar-refractivity contribution in [3.63, 3.8) is 0 Å². The third kappa shape index (κ3) is 7.12. The molecule has 198 valence electrons. The van der Waals surface area contributed by atoms with Crippen LogP contribution in [0.1, 0.15) is 35.9 Å². The second-order valence-electron chi connectivity index (χ2n) is 9.44. The number of hydrogen-bond acceptors (Lipinski definition) is 3. The van der Waals surface area contributed by atoms with Gasteiger partial charge in [0.05, 0.1) is 11.2 Å². The molecule has 0 fully saturated rings. The number of nitrogens with one attached hydrogen (secondary N) is 2. The first-order valence-corrected chi connectivity index (χ1v) is 12.7. The van der Waals surface area contributed by atoms with Crippen molar-refractivity contribution in [2.75, 3.05) is 5.32 Å². The molecule has 1 atom stereocenters. The van der Waals surface area contributed by atoms with Gasteiger partial charge in [0.25, 0.3) is 6.47 Å². The molecule has 3 N–H and O–H groups in total. The van der Waals surface area contributed by atoms with Crippen LogP contribution in [-0.2, 0) is 4.79 Å². The number of carboxylic acid groups (broad SMARTS) is 1. The summed E-state index contributed by atoms with van der Waals surface area (Å²) in [6.07, 6.45) is 11.9. The van der Waals surface area contributed by atoms with Crippen molar-refractivity contribution < 1.29 is 14.3 Å². The fraction of sp³-hybridized carbons (Fsp3) is 0.125. The molecule has 0 radical (unpaired) electrons. The molecule has 1 aliphatic carbocycles. The molecule has 4 aromatic rings. The number of aryl methyl sites for hydroxylation is 1. The summed E-state index contributed by atoms with van der Waals surface area (Å²) in [4.78, 5) is 16.4.